The monoisotopic (exact) mass is 482 g/mol. The number of methoxy groups -OCH3 is 1. The summed E-state index contributed by atoms with van der Waals surface area (Å²) in [5, 5.41) is 0.751. The molecule has 1 amide bonds. The van der Waals surface area contributed by atoms with Gasteiger partial charge in [-0.25, -0.2) is 14.2 Å². The number of para-hydroxylation sites is 1. The van der Waals surface area contributed by atoms with E-state index in [1.165, 1.54) is 13.2 Å². The third-order valence-electron chi connectivity index (χ3n) is 7.47. The third-order valence-corrected chi connectivity index (χ3v) is 7.47. The van der Waals surface area contributed by atoms with Gasteiger partial charge in [-0.2, -0.15) is 0 Å². The van der Waals surface area contributed by atoms with Gasteiger partial charge in [0.2, 0.25) is 5.91 Å². The van der Waals surface area contributed by atoms with Gasteiger partial charge in [-0.1, -0.05) is 38.0 Å². The van der Waals surface area contributed by atoms with Crippen LogP contribution in [0.2, 0.25) is 0 Å². The minimum absolute atomic E-state index is 0.0363. The van der Waals surface area contributed by atoms with Crippen molar-refractivity contribution in [2.24, 2.45) is 5.92 Å². The predicted molar refractivity (Wildman–Crippen MR) is 133 cm³/mol. The van der Waals surface area contributed by atoms with E-state index in [-0.39, 0.29) is 17.6 Å². The number of hydrogen-bond acceptors (Lipinski definition) is 5. The summed E-state index contributed by atoms with van der Waals surface area (Å²) in [7, 11) is 1.35. The van der Waals surface area contributed by atoms with E-state index >= 15 is 0 Å². The van der Waals surface area contributed by atoms with Crippen molar-refractivity contribution in [3.8, 4) is 5.75 Å². The molecule has 35 heavy (non-hydrogen) atoms. The molecule has 2 aromatic rings. The molecular weight excluding hydrogens is 447 g/mol. The number of unbranched alkanes of at least 4 members (excludes halogenated alkanes) is 3. The Morgan fingerprint density at radius 3 is 2.91 bits per heavy atom. The highest BCUT2D eigenvalue weighted by Crippen LogP contribution is 2.45. The molecule has 0 radical (unpaired) electrons. The van der Waals surface area contributed by atoms with Gasteiger partial charge in [-0.15, -0.1) is 6.58 Å². The lowest BCUT2D eigenvalue weighted by molar-refractivity contribution is -0.152. The lowest BCUT2D eigenvalue weighted by atomic mass is 9.87. The van der Waals surface area contributed by atoms with Gasteiger partial charge in [0.25, 0.3) is 0 Å². The lowest BCUT2D eigenvalue weighted by Crippen LogP contribution is -2.46. The third kappa shape index (κ3) is 4.91. The van der Waals surface area contributed by atoms with Crippen LogP contribution in [-0.2, 0) is 20.7 Å². The molecule has 6 nitrogen and oxygen atoms in total. The lowest BCUT2D eigenvalue weighted by Gasteiger charge is -2.36. The molecule has 0 unspecified atom stereocenters. The Labute approximate surface area is 206 Å². The summed E-state index contributed by atoms with van der Waals surface area (Å²) in [5.41, 5.74) is 1.20. The van der Waals surface area contributed by atoms with Crippen LogP contribution in [0.4, 0.5) is 4.39 Å². The molecule has 1 spiro atoms. The number of allylic oxidation sites excluding steroid dienone is 1. The Morgan fingerprint density at radius 2 is 2.17 bits per heavy atom. The number of amides is 1. The second-order valence-corrected chi connectivity index (χ2v) is 9.96. The zero-order valence-electron chi connectivity index (χ0n) is 20.9. The molecule has 2 aliphatic rings. The largest absolute Gasteiger partial charge is 0.483 e. The molecule has 0 aliphatic carbocycles. The number of aromatic nitrogens is 1. The van der Waals surface area contributed by atoms with Crippen molar-refractivity contribution in [2.75, 3.05) is 13.7 Å². The van der Waals surface area contributed by atoms with Crippen molar-refractivity contribution in [3.63, 3.8) is 0 Å². The van der Waals surface area contributed by atoms with Crippen molar-refractivity contribution in [2.45, 2.75) is 76.9 Å². The highest BCUT2D eigenvalue weighted by atomic mass is 19.1. The maximum absolute atomic E-state index is 14.4. The highest BCUT2D eigenvalue weighted by Gasteiger charge is 2.53. The second-order valence-electron chi connectivity index (χ2n) is 9.96. The average Bonchev–Trinajstić information content (AvgIpc) is 3.22. The van der Waals surface area contributed by atoms with Gasteiger partial charge >= 0.3 is 5.97 Å². The fourth-order valence-electron chi connectivity index (χ4n) is 5.54. The van der Waals surface area contributed by atoms with Gasteiger partial charge in [0.05, 0.1) is 19.3 Å². The summed E-state index contributed by atoms with van der Waals surface area (Å²) in [4.78, 5) is 32.3. The first kappa shape index (κ1) is 25.1. The predicted octanol–water partition coefficient (Wildman–Crippen LogP) is 5.29. The van der Waals surface area contributed by atoms with Gasteiger partial charge in [0, 0.05) is 23.3 Å². The number of carbonyl (C=O) groups excluding carboxylic acids is 2. The maximum Gasteiger partial charge on any atom is 0.328 e. The van der Waals surface area contributed by atoms with Crippen LogP contribution in [0, 0.1) is 18.7 Å². The summed E-state index contributed by atoms with van der Waals surface area (Å²) >= 11 is 0. The first-order valence-electron chi connectivity index (χ1n) is 12.6. The van der Waals surface area contributed by atoms with Crippen LogP contribution in [0.5, 0.6) is 5.75 Å². The van der Waals surface area contributed by atoms with Crippen LogP contribution in [0.25, 0.3) is 10.9 Å². The number of halogens is 1. The number of carbonyl (C=O) groups is 2. The topological polar surface area (TPSA) is 68.7 Å². The minimum Gasteiger partial charge on any atom is -0.483 e. The van der Waals surface area contributed by atoms with Gasteiger partial charge in [-0.05, 0) is 45.1 Å². The number of hydrogen-bond donors (Lipinski definition) is 0. The molecule has 3 atom stereocenters. The minimum atomic E-state index is -0.696. The van der Waals surface area contributed by atoms with Gasteiger partial charge in [-0.3, -0.25) is 4.79 Å². The van der Waals surface area contributed by atoms with Crippen molar-refractivity contribution in [3.05, 3.63) is 47.9 Å². The summed E-state index contributed by atoms with van der Waals surface area (Å²) in [6, 6.07) is 4.28. The SMILES string of the molecule is C=CCCCCC[C@H](C)C(=O)N1C[C@@]2(CCc3c(c(C)nc4c(F)cccc34)O2)C[C@H]1C(=O)OC. The second kappa shape index (κ2) is 10.3. The van der Waals surface area contributed by atoms with Crippen LogP contribution in [0.3, 0.4) is 0 Å². The number of likely N-dealkylation sites (tertiary alicyclic amines) is 1. The molecule has 0 bridgehead atoms. The van der Waals surface area contributed by atoms with E-state index in [2.05, 4.69) is 11.6 Å². The molecule has 1 aromatic carbocycles. The van der Waals surface area contributed by atoms with E-state index in [4.69, 9.17) is 9.47 Å². The number of nitrogens with zero attached hydrogens (tertiary/aromatic N) is 2. The highest BCUT2D eigenvalue weighted by molar-refractivity contribution is 5.87. The number of fused-ring (bicyclic) bond motifs is 3. The Kier molecular flexibility index (Phi) is 7.43. The number of esters is 1. The van der Waals surface area contributed by atoms with E-state index < -0.39 is 17.6 Å². The van der Waals surface area contributed by atoms with Crippen molar-refractivity contribution in [1.82, 2.24) is 9.88 Å². The number of ether oxygens (including phenoxy) is 2. The van der Waals surface area contributed by atoms with Crippen LogP contribution in [-0.4, -0.2) is 47.1 Å². The van der Waals surface area contributed by atoms with E-state index in [0.717, 1.165) is 43.1 Å². The summed E-state index contributed by atoms with van der Waals surface area (Å²) in [5.74, 6) is -0.352. The van der Waals surface area contributed by atoms with E-state index in [1.54, 1.807) is 11.0 Å². The molecule has 2 aliphatic heterocycles. The summed E-state index contributed by atoms with van der Waals surface area (Å²) in [6.45, 7) is 7.82. The zero-order valence-corrected chi connectivity index (χ0v) is 20.9. The summed E-state index contributed by atoms with van der Waals surface area (Å²) < 4.78 is 26.0. The van der Waals surface area contributed by atoms with Crippen LogP contribution >= 0.6 is 0 Å². The van der Waals surface area contributed by atoms with Crippen molar-refractivity contribution >= 4 is 22.8 Å². The molecule has 188 valence electrons. The first-order chi connectivity index (χ1) is 16.8. The Balaban J connectivity index is 1.56. The number of pyridine rings is 1. The first-order valence-corrected chi connectivity index (χ1v) is 12.6. The summed E-state index contributed by atoms with van der Waals surface area (Å²) in [6.07, 6.45) is 8.41. The number of rotatable bonds is 8. The smallest absolute Gasteiger partial charge is 0.328 e. The molecule has 0 N–H and O–H groups in total. The van der Waals surface area contributed by atoms with E-state index in [0.29, 0.717) is 42.8 Å². The molecule has 0 saturated carbocycles. The van der Waals surface area contributed by atoms with Crippen molar-refractivity contribution < 1.29 is 23.5 Å². The molecule has 1 aromatic heterocycles. The Bertz CT molecular complexity index is 1130. The van der Waals surface area contributed by atoms with Gasteiger partial charge in [0.15, 0.2) is 0 Å². The molecular formula is C28H35FN2O4. The molecule has 1 fully saturated rings. The molecule has 7 heteroatoms. The Hall–Kier alpha value is -2.96. The van der Waals surface area contributed by atoms with Crippen LogP contribution < -0.4 is 4.74 Å². The zero-order chi connectivity index (χ0) is 25.2. The molecule has 3 heterocycles. The standard InChI is InChI=1S/C28H35FN2O4/c1-5-6-7-8-9-11-18(2)26(32)31-17-28(16-23(31)27(33)34-4)15-14-21-20-12-10-13-22(29)24(20)30-19(3)25(21)35-28/h5,10,12-13,18,23H,1,6-9,11,14-17H2,2-4H3/t18-,23-,28+/m0/s1. The fourth-order valence-corrected chi connectivity index (χ4v) is 5.54. The van der Waals surface area contributed by atoms with Gasteiger partial charge < -0.3 is 14.4 Å². The number of benzene rings is 1. The van der Waals surface area contributed by atoms with Crippen LogP contribution in [0.1, 0.15) is 63.1 Å². The molecule has 1 saturated heterocycles. The average molecular weight is 483 g/mol. The van der Waals surface area contributed by atoms with E-state index in [1.807, 2.05) is 26.0 Å². The van der Waals surface area contributed by atoms with Gasteiger partial charge in [0.1, 0.15) is 28.7 Å². The number of aryl methyl sites for hydroxylation is 2. The molecule has 4 rings (SSSR count). The quantitative estimate of drug-likeness (QED) is 0.290. The van der Waals surface area contributed by atoms with Crippen LogP contribution in [0.15, 0.2) is 30.9 Å². The fraction of sp³-hybridized carbons (Fsp3) is 0.536. The normalized spacial score (nSPS) is 22.1. The van der Waals surface area contributed by atoms with Crippen molar-refractivity contribution in [1.29, 1.82) is 0 Å². The Morgan fingerprint density at radius 1 is 1.37 bits per heavy atom. The van der Waals surface area contributed by atoms with E-state index in [9.17, 15) is 14.0 Å². The maximum atomic E-state index is 14.4.